The summed E-state index contributed by atoms with van der Waals surface area (Å²) >= 11 is 4.23. The zero-order valence-corrected chi connectivity index (χ0v) is 15.9. The first kappa shape index (κ1) is 20.0. The van der Waals surface area contributed by atoms with E-state index in [1.54, 1.807) is 0 Å². The SMILES string of the molecule is CCCc1cc(OCCCNCCOS(=O)(O)=S)nc2ccccc12. The molecule has 2 N–H and O–H groups in total. The van der Waals surface area contributed by atoms with Gasteiger partial charge in [0, 0.05) is 29.2 Å². The van der Waals surface area contributed by atoms with E-state index in [1.165, 1.54) is 10.9 Å². The number of aryl methyl sites for hydroxylation is 1. The summed E-state index contributed by atoms with van der Waals surface area (Å²) in [5.41, 5.74) is 2.21. The van der Waals surface area contributed by atoms with Gasteiger partial charge in [-0.05, 0) is 31.0 Å². The Balaban J connectivity index is 1.77. The van der Waals surface area contributed by atoms with Crippen molar-refractivity contribution in [1.29, 1.82) is 0 Å². The maximum absolute atomic E-state index is 10.7. The van der Waals surface area contributed by atoms with Crippen LogP contribution in [0.4, 0.5) is 0 Å². The number of benzene rings is 1. The van der Waals surface area contributed by atoms with Gasteiger partial charge in [-0.3, -0.25) is 8.74 Å². The van der Waals surface area contributed by atoms with E-state index >= 15 is 0 Å². The molecule has 0 radical (unpaired) electrons. The van der Waals surface area contributed by atoms with Gasteiger partial charge >= 0.3 is 0 Å². The largest absolute Gasteiger partial charge is 0.478 e. The van der Waals surface area contributed by atoms with Crippen LogP contribution < -0.4 is 10.1 Å². The summed E-state index contributed by atoms with van der Waals surface area (Å²) < 4.78 is 29.9. The van der Waals surface area contributed by atoms with E-state index in [0.717, 1.165) is 24.8 Å². The molecule has 0 saturated carbocycles. The van der Waals surface area contributed by atoms with Crippen molar-refractivity contribution < 1.29 is 17.7 Å². The minimum atomic E-state index is -3.52. The molecule has 6 nitrogen and oxygen atoms in total. The van der Waals surface area contributed by atoms with Crippen molar-refractivity contribution >= 4 is 31.1 Å². The minimum Gasteiger partial charge on any atom is -0.478 e. The smallest absolute Gasteiger partial charge is 0.266 e. The molecule has 0 aliphatic rings. The summed E-state index contributed by atoms with van der Waals surface area (Å²) in [5, 5.41) is 4.28. The molecule has 25 heavy (non-hydrogen) atoms. The standard InChI is InChI=1S/C17H24N2O4S2/c1-2-6-14-13-17(19-16-8-4-3-7-15(14)16)22-11-5-9-18-10-12-23-25(20,21)24/h3-4,7-8,13,18H,2,5-6,9-12H2,1H3,(H,20,21,24). The van der Waals surface area contributed by atoms with Gasteiger partial charge < -0.3 is 10.1 Å². The van der Waals surface area contributed by atoms with Gasteiger partial charge in [0.2, 0.25) is 5.88 Å². The van der Waals surface area contributed by atoms with Gasteiger partial charge in [0.25, 0.3) is 9.05 Å². The van der Waals surface area contributed by atoms with Crippen molar-refractivity contribution in [3.05, 3.63) is 35.9 Å². The van der Waals surface area contributed by atoms with Gasteiger partial charge in [-0.25, -0.2) is 4.98 Å². The second-order valence-electron chi connectivity index (χ2n) is 5.59. The lowest BCUT2D eigenvalue weighted by Gasteiger charge is -2.10. The third-order valence-corrected chi connectivity index (χ3v) is 4.31. The molecule has 0 bridgehead atoms. The number of rotatable bonds is 11. The summed E-state index contributed by atoms with van der Waals surface area (Å²) in [6.45, 7) is 3.98. The number of hydrogen-bond acceptors (Lipinski definition) is 6. The van der Waals surface area contributed by atoms with Gasteiger partial charge in [-0.2, -0.15) is 4.21 Å². The second kappa shape index (κ2) is 9.98. The van der Waals surface area contributed by atoms with E-state index < -0.39 is 9.05 Å². The first-order valence-corrected chi connectivity index (χ1v) is 10.7. The van der Waals surface area contributed by atoms with E-state index in [2.05, 4.69) is 38.7 Å². The molecule has 1 unspecified atom stereocenters. The van der Waals surface area contributed by atoms with Gasteiger partial charge in [-0.1, -0.05) is 31.5 Å². The normalized spacial score (nSPS) is 13.7. The van der Waals surface area contributed by atoms with Crippen molar-refractivity contribution in [3.63, 3.8) is 0 Å². The molecule has 0 saturated heterocycles. The summed E-state index contributed by atoms with van der Waals surface area (Å²) in [6.07, 6.45) is 2.86. The van der Waals surface area contributed by atoms with Crippen LogP contribution in [-0.4, -0.2) is 40.0 Å². The quantitative estimate of drug-likeness (QED) is 0.577. The lowest BCUT2D eigenvalue weighted by Crippen LogP contribution is -2.23. The number of fused-ring (bicyclic) bond motifs is 1. The van der Waals surface area contributed by atoms with Crippen molar-refractivity contribution in [1.82, 2.24) is 10.3 Å². The summed E-state index contributed by atoms with van der Waals surface area (Å²) in [5.74, 6) is 0.650. The molecule has 1 aromatic heterocycles. The van der Waals surface area contributed by atoms with Crippen LogP contribution in [0.3, 0.4) is 0 Å². The Kier molecular flexibility index (Phi) is 7.98. The van der Waals surface area contributed by atoms with Crippen LogP contribution in [0.5, 0.6) is 5.88 Å². The second-order valence-corrected chi connectivity index (χ2v) is 7.94. The highest BCUT2D eigenvalue weighted by Gasteiger charge is 2.06. The van der Waals surface area contributed by atoms with Crippen molar-refractivity contribution in [2.45, 2.75) is 26.2 Å². The fraction of sp³-hybridized carbons (Fsp3) is 0.471. The van der Waals surface area contributed by atoms with E-state index in [9.17, 15) is 4.21 Å². The van der Waals surface area contributed by atoms with Gasteiger partial charge in [0.1, 0.15) is 0 Å². The molecule has 0 spiro atoms. The van der Waals surface area contributed by atoms with Crippen LogP contribution in [0, 0.1) is 0 Å². The lowest BCUT2D eigenvalue weighted by molar-refractivity contribution is 0.285. The number of para-hydroxylation sites is 1. The van der Waals surface area contributed by atoms with Crippen LogP contribution in [0.25, 0.3) is 10.9 Å². The van der Waals surface area contributed by atoms with Crippen LogP contribution in [0.1, 0.15) is 25.3 Å². The third-order valence-electron chi connectivity index (χ3n) is 3.56. The van der Waals surface area contributed by atoms with Crippen molar-refractivity contribution in [3.8, 4) is 5.88 Å². The maximum atomic E-state index is 10.7. The van der Waals surface area contributed by atoms with Gasteiger partial charge in [0.05, 0.1) is 18.7 Å². The molecule has 0 fully saturated rings. The molecule has 0 aliphatic carbocycles. The molecule has 1 heterocycles. The van der Waals surface area contributed by atoms with Crippen LogP contribution in [0.2, 0.25) is 0 Å². The Morgan fingerprint density at radius 3 is 2.84 bits per heavy atom. The fourth-order valence-electron chi connectivity index (χ4n) is 2.49. The first-order chi connectivity index (χ1) is 12.0. The van der Waals surface area contributed by atoms with Crippen molar-refractivity contribution in [2.75, 3.05) is 26.3 Å². The molecule has 0 aliphatic heterocycles. The van der Waals surface area contributed by atoms with E-state index in [0.29, 0.717) is 25.6 Å². The minimum absolute atomic E-state index is 0.103. The predicted molar refractivity (Wildman–Crippen MR) is 103 cm³/mol. The third kappa shape index (κ3) is 7.21. The average Bonchev–Trinajstić information content (AvgIpc) is 2.56. The number of ether oxygens (including phenoxy) is 1. The highest BCUT2D eigenvalue weighted by molar-refractivity contribution is 8.27. The molecule has 1 aromatic carbocycles. The van der Waals surface area contributed by atoms with E-state index in [-0.39, 0.29) is 6.61 Å². The molecule has 138 valence electrons. The summed E-state index contributed by atoms with van der Waals surface area (Å²) in [7, 11) is -3.52. The summed E-state index contributed by atoms with van der Waals surface area (Å²) in [6, 6.07) is 10.1. The maximum Gasteiger partial charge on any atom is 0.266 e. The highest BCUT2D eigenvalue weighted by Crippen LogP contribution is 2.23. The molecule has 2 rings (SSSR count). The fourth-order valence-corrected chi connectivity index (χ4v) is 2.99. The van der Waals surface area contributed by atoms with Gasteiger partial charge in [-0.15, -0.1) is 0 Å². The molecule has 1 atom stereocenters. The first-order valence-electron chi connectivity index (χ1n) is 8.33. The zero-order valence-electron chi connectivity index (χ0n) is 14.3. The van der Waals surface area contributed by atoms with Crippen LogP contribution in [-0.2, 0) is 30.8 Å². The summed E-state index contributed by atoms with van der Waals surface area (Å²) in [4.78, 5) is 4.56. The topological polar surface area (TPSA) is 80.7 Å². The Hall–Kier alpha value is -1.32. The Morgan fingerprint density at radius 2 is 2.08 bits per heavy atom. The van der Waals surface area contributed by atoms with Crippen LogP contribution >= 0.6 is 0 Å². The predicted octanol–water partition coefficient (Wildman–Crippen LogP) is 2.70. The molecular formula is C17H24N2O4S2. The van der Waals surface area contributed by atoms with Gasteiger partial charge in [0.15, 0.2) is 0 Å². The molecule has 8 heteroatoms. The molecule has 2 aromatic rings. The lowest BCUT2D eigenvalue weighted by atomic mass is 10.1. The Labute approximate surface area is 153 Å². The molecule has 0 amide bonds. The molecular weight excluding hydrogens is 360 g/mol. The van der Waals surface area contributed by atoms with Crippen molar-refractivity contribution in [2.24, 2.45) is 0 Å². The number of nitrogens with one attached hydrogen (secondary N) is 1. The number of nitrogens with zero attached hydrogens (tertiary/aromatic N) is 1. The number of aromatic nitrogens is 1. The number of pyridine rings is 1. The highest BCUT2D eigenvalue weighted by atomic mass is 32.9. The zero-order chi connectivity index (χ0) is 18.1. The number of hydrogen-bond donors (Lipinski definition) is 2. The van der Waals surface area contributed by atoms with Crippen LogP contribution in [0.15, 0.2) is 30.3 Å². The van der Waals surface area contributed by atoms with E-state index in [4.69, 9.17) is 9.29 Å². The monoisotopic (exact) mass is 384 g/mol. The van der Waals surface area contributed by atoms with E-state index in [1.807, 2.05) is 24.3 Å². The average molecular weight is 385 g/mol. The Morgan fingerprint density at radius 1 is 1.28 bits per heavy atom. The Bertz CT molecular complexity index is 781.